The number of thiophene rings is 1. The molecule has 5 heteroatoms. The van der Waals surface area contributed by atoms with Crippen molar-refractivity contribution in [1.82, 2.24) is 19.5 Å². The zero-order valence-corrected chi connectivity index (χ0v) is 29.8. The van der Waals surface area contributed by atoms with E-state index < -0.39 is 0 Å². The zero-order valence-electron chi connectivity index (χ0n) is 29.0. The van der Waals surface area contributed by atoms with Crippen LogP contribution in [0.15, 0.2) is 182 Å². The minimum absolute atomic E-state index is 0.680. The number of pyridine rings is 1. The minimum Gasteiger partial charge on any atom is -0.294 e. The van der Waals surface area contributed by atoms with Crippen molar-refractivity contribution in [3.05, 3.63) is 182 Å². The molecule has 0 aliphatic rings. The SMILES string of the molecule is c1ccc(-c2cc(-n3c4ccccc4c4ccccc43)nc(-c3ccc(-c4ccc5c(c4)nc(-c4ccccc4)c4c6ccccc6sc54)cc3)n2)cc1. The van der Waals surface area contributed by atoms with Crippen LogP contribution in [0.5, 0.6) is 0 Å². The van der Waals surface area contributed by atoms with E-state index in [1.54, 1.807) is 0 Å². The van der Waals surface area contributed by atoms with Gasteiger partial charge in [-0.25, -0.2) is 15.0 Å². The van der Waals surface area contributed by atoms with Gasteiger partial charge in [0, 0.05) is 59.1 Å². The zero-order chi connectivity index (χ0) is 35.6. The van der Waals surface area contributed by atoms with Crippen molar-refractivity contribution in [3.63, 3.8) is 0 Å². The molecule has 0 N–H and O–H groups in total. The molecule has 0 atom stereocenters. The summed E-state index contributed by atoms with van der Waals surface area (Å²) in [5.41, 5.74) is 10.5. The van der Waals surface area contributed by atoms with Crippen LogP contribution in [0.4, 0.5) is 0 Å². The van der Waals surface area contributed by atoms with Gasteiger partial charge >= 0.3 is 0 Å². The van der Waals surface area contributed by atoms with E-state index in [9.17, 15) is 0 Å². The summed E-state index contributed by atoms with van der Waals surface area (Å²) in [6, 6.07) is 64.1. The van der Waals surface area contributed by atoms with Gasteiger partial charge in [0.2, 0.25) is 0 Å². The average molecular weight is 707 g/mol. The van der Waals surface area contributed by atoms with Gasteiger partial charge in [-0.2, -0.15) is 0 Å². The lowest BCUT2D eigenvalue weighted by Gasteiger charge is -2.12. The largest absolute Gasteiger partial charge is 0.294 e. The molecule has 4 aromatic heterocycles. The topological polar surface area (TPSA) is 43.6 Å². The predicted molar refractivity (Wildman–Crippen MR) is 226 cm³/mol. The van der Waals surface area contributed by atoms with Crippen molar-refractivity contribution in [2.24, 2.45) is 0 Å². The maximum absolute atomic E-state index is 5.35. The quantitative estimate of drug-likeness (QED) is 0.179. The van der Waals surface area contributed by atoms with Crippen molar-refractivity contribution in [2.75, 3.05) is 0 Å². The molecular weight excluding hydrogens is 677 g/mol. The van der Waals surface area contributed by atoms with Crippen LogP contribution in [-0.2, 0) is 0 Å². The number of nitrogens with zero attached hydrogens (tertiary/aromatic N) is 4. The van der Waals surface area contributed by atoms with Crippen LogP contribution in [0, 0.1) is 0 Å². The summed E-state index contributed by atoms with van der Waals surface area (Å²) in [7, 11) is 0. The highest BCUT2D eigenvalue weighted by Gasteiger charge is 2.18. The van der Waals surface area contributed by atoms with E-state index in [4.69, 9.17) is 15.0 Å². The second kappa shape index (κ2) is 12.3. The van der Waals surface area contributed by atoms with E-state index in [0.29, 0.717) is 5.82 Å². The molecular formula is C49H30N4S. The van der Waals surface area contributed by atoms with Gasteiger partial charge in [0.25, 0.3) is 0 Å². The lowest BCUT2D eigenvalue weighted by molar-refractivity contribution is 1.05. The maximum atomic E-state index is 5.35. The third-order valence-corrected chi connectivity index (χ3v) is 11.6. The number of para-hydroxylation sites is 2. The first-order chi connectivity index (χ1) is 26.8. The second-order valence-electron chi connectivity index (χ2n) is 13.6. The Bertz CT molecular complexity index is 3150. The molecule has 0 fully saturated rings. The van der Waals surface area contributed by atoms with E-state index in [-0.39, 0.29) is 0 Å². The molecule has 0 spiro atoms. The number of rotatable bonds is 5. The molecule has 4 nitrogen and oxygen atoms in total. The highest BCUT2D eigenvalue weighted by Crippen LogP contribution is 2.43. The molecule has 252 valence electrons. The summed E-state index contributed by atoms with van der Waals surface area (Å²) in [5.74, 6) is 1.52. The number of hydrogen-bond donors (Lipinski definition) is 0. The fraction of sp³-hybridized carbons (Fsp3) is 0. The van der Waals surface area contributed by atoms with Crippen LogP contribution in [0.3, 0.4) is 0 Å². The molecule has 4 heterocycles. The van der Waals surface area contributed by atoms with Crippen LogP contribution in [0.2, 0.25) is 0 Å². The normalized spacial score (nSPS) is 11.7. The Morgan fingerprint density at radius 3 is 1.72 bits per heavy atom. The molecule has 11 aromatic rings. The highest BCUT2D eigenvalue weighted by molar-refractivity contribution is 7.26. The van der Waals surface area contributed by atoms with Crippen LogP contribution >= 0.6 is 11.3 Å². The molecule has 0 saturated heterocycles. The monoisotopic (exact) mass is 706 g/mol. The van der Waals surface area contributed by atoms with Gasteiger partial charge in [-0.15, -0.1) is 11.3 Å². The first kappa shape index (κ1) is 30.7. The van der Waals surface area contributed by atoms with E-state index in [1.807, 2.05) is 17.4 Å². The second-order valence-corrected chi connectivity index (χ2v) is 14.7. The van der Waals surface area contributed by atoms with Gasteiger partial charge in [-0.1, -0.05) is 152 Å². The maximum Gasteiger partial charge on any atom is 0.162 e. The Morgan fingerprint density at radius 1 is 0.407 bits per heavy atom. The van der Waals surface area contributed by atoms with Crippen molar-refractivity contribution >= 4 is 64.2 Å². The summed E-state index contributed by atoms with van der Waals surface area (Å²) >= 11 is 1.85. The first-order valence-corrected chi connectivity index (χ1v) is 18.9. The Balaban J connectivity index is 1.04. The molecule has 0 amide bonds. The van der Waals surface area contributed by atoms with Gasteiger partial charge in [-0.3, -0.25) is 4.57 Å². The fourth-order valence-corrected chi connectivity index (χ4v) is 9.10. The summed E-state index contributed by atoms with van der Waals surface area (Å²) in [6.07, 6.45) is 0. The third-order valence-electron chi connectivity index (χ3n) is 10.4. The molecule has 54 heavy (non-hydrogen) atoms. The number of aromatic nitrogens is 4. The summed E-state index contributed by atoms with van der Waals surface area (Å²) < 4.78 is 4.81. The Kier molecular flexibility index (Phi) is 7.00. The fourth-order valence-electron chi connectivity index (χ4n) is 7.86. The number of fused-ring (bicyclic) bond motifs is 8. The van der Waals surface area contributed by atoms with Gasteiger partial charge < -0.3 is 0 Å². The van der Waals surface area contributed by atoms with Crippen molar-refractivity contribution in [3.8, 4) is 50.8 Å². The standard InChI is InChI=1S/C49H30N4S/c1-3-13-32(14-4-1)40-30-45(53-42-20-10-7-17-36(42)37-18-8-11-21-43(37)53)52-49(51-40)34-25-23-31(24-26-34)35-27-28-38-41(29-35)50-47(33-15-5-2-6-16-33)46-39-19-9-12-22-44(39)54-48(38)46/h1-30H. The Labute approximate surface area is 315 Å². The third kappa shape index (κ3) is 4.94. The molecule has 0 aliphatic heterocycles. The summed E-state index contributed by atoms with van der Waals surface area (Å²) in [5, 5.41) is 6.06. The Morgan fingerprint density at radius 2 is 1.00 bits per heavy atom. The Hall–Kier alpha value is -6.95. The van der Waals surface area contributed by atoms with E-state index in [2.05, 4.69) is 180 Å². The van der Waals surface area contributed by atoms with Crippen LogP contribution in [0.1, 0.15) is 0 Å². The smallest absolute Gasteiger partial charge is 0.162 e. The van der Waals surface area contributed by atoms with Gasteiger partial charge in [0.1, 0.15) is 5.82 Å². The van der Waals surface area contributed by atoms with Crippen LogP contribution < -0.4 is 0 Å². The molecule has 0 unspecified atom stereocenters. The molecule has 11 rings (SSSR count). The van der Waals surface area contributed by atoms with Gasteiger partial charge in [0.15, 0.2) is 5.82 Å². The van der Waals surface area contributed by atoms with Crippen molar-refractivity contribution in [2.45, 2.75) is 0 Å². The van der Waals surface area contributed by atoms with Crippen molar-refractivity contribution in [1.29, 1.82) is 0 Å². The molecule has 7 aromatic carbocycles. The predicted octanol–water partition coefficient (Wildman–Crippen LogP) is 13.2. The lowest BCUT2D eigenvalue weighted by atomic mass is 9.99. The molecule has 0 saturated carbocycles. The number of hydrogen-bond acceptors (Lipinski definition) is 4. The van der Waals surface area contributed by atoms with Gasteiger partial charge in [-0.05, 0) is 35.4 Å². The number of benzene rings is 7. The average Bonchev–Trinajstić information content (AvgIpc) is 3.81. The highest BCUT2D eigenvalue weighted by atomic mass is 32.1. The van der Waals surface area contributed by atoms with Crippen LogP contribution in [-0.4, -0.2) is 19.5 Å². The van der Waals surface area contributed by atoms with Crippen LogP contribution in [0.25, 0.3) is 104 Å². The minimum atomic E-state index is 0.680. The first-order valence-electron chi connectivity index (χ1n) is 18.1. The van der Waals surface area contributed by atoms with E-state index >= 15 is 0 Å². The molecule has 0 aliphatic carbocycles. The van der Waals surface area contributed by atoms with Gasteiger partial charge in [0.05, 0.1) is 27.9 Å². The lowest BCUT2D eigenvalue weighted by Crippen LogP contribution is -2.02. The molecule has 0 bridgehead atoms. The summed E-state index contributed by atoms with van der Waals surface area (Å²) in [6.45, 7) is 0. The summed E-state index contributed by atoms with van der Waals surface area (Å²) in [4.78, 5) is 15.7. The van der Waals surface area contributed by atoms with E-state index in [0.717, 1.165) is 61.6 Å². The van der Waals surface area contributed by atoms with Crippen molar-refractivity contribution < 1.29 is 0 Å². The molecule has 0 radical (unpaired) electrons. The van der Waals surface area contributed by atoms with E-state index in [1.165, 1.54) is 36.3 Å².